The molecule has 1 atom stereocenters. The van der Waals surface area contributed by atoms with Gasteiger partial charge in [0, 0.05) is 5.56 Å². The van der Waals surface area contributed by atoms with Crippen molar-refractivity contribution in [1.29, 1.82) is 0 Å². The van der Waals surface area contributed by atoms with Gasteiger partial charge in [0.2, 0.25) is 0 Å². The van der Waals surface area contributed by atoms with Crippen molar-refractivity contribution in [2.75, 3.05) is 0 Å². The maximum Gasteiger partial charge on any atom is 0.252 e. The van der Waals surface area contributed by atoms with E-state index in [1.165, 1.54) is 0 Å². The summed E-state index contributed by atoms with van der Waals surface area (Å²) in [5.74, 6) is -0.00574. The van der Waals surface area contributed by atoms with Gasteiger partial charge in [0.05, 0.1) is 6.04 Å². The topological polar surface area (TPSA) is 29.1 Å². The first-order chi connectivity index (χ1) is 9.22. The lowest BCUT2D eigenvalue weighted by Gasteiger charge is -2.18. The third-order valence-electron chi connectivity index (χ3n) is 3.31. The summed E-state index contributed by atoms with van der Waals surface area (Å²) in [5, 5.41) is 3.10. The number of hydrogen-bond acceptors (Lipinski definition) is 1. The molecule has 0 aliphatic carbocycles. The largest absolute Gasteiger partial charge is 0.345 e. The molecule has 0 unspecified atom stereocenters. The van der Waals surface area contributed by atoms with Gasteiger partial charge in [-0.2, -0.15) is 0 Å². The van der Waals surface area contributed by atoms with Gasteiger partial charge in [-0.15, -0.1) is 0 Å². The van der Waals surface area contributed by atoms with Crippen molar-refractivity contribution in [3.63, 3.8) is 0 Å². The zero-order valence-electron chi connectivity index (χ0n) is 11.4. The number of rotatable bonds is 4. The maximum absolute atomic E-state index is 12.3. The average molecular weight is 253 g/mol. The molecule has 2 aromatic rings. The highest BCUT2D eigenvalue weighted by Gasteiger charge is 2.14. The second-order valence-electron chi connectivity index (χ2n) is 4.66. The highest BCUT2D eigenvalue weighted by Crippen LogP contribution is 2.17. The summed E-state index contributed by atoms with van der Waals surface area (Å²) in [4.78, 5) is 12.3. The van der Waals surface area contributed by atoms with Crippen LogP contribution in [0.2, 0.25) is 0 Å². The van der Waals surface area contributed by atoms with E-state index in [0.717, 1.165) is 23.1 Å². The minimum Gasteiger partial charge on any atom is -0.345 e. The van der Waals surface area contributed by atoms with E-state index >= 15 is 0 Å². The van der Waals surface area contributed by atoms with Crippen LogP contribution in [0.25, 0.3) is 0 Å². The van der Waals surface area contributed by atoms with Crippen LogP contribution in [0.1, 0.15) is 40.9 Å². The number of amides is 1. The van der Waals surface area contributed by atoms with Crippen LogP contribution >= 0.6 is 0 Å². The van der Waals surface area contributed by atoms with Crippen molar-refractivity contribution >= 4 is 5.91 Å². The number of hydrogen-bond donors (Lipinski definition) is 1. The zero-order chi connectivity index (χ0) is 13.7. The molecule has 0 saturated carbocycles. The SMILES string of the molecule is CC[C@@H](NC(=O)c1ccccc1C)c1ccccc1. The fourth-order valence-corrected chi connectivity index (χ4v) is 2.17. The Morgan fingerprint density at radius 3 is 2.32 bits per heavy atom. The molecule has 0 saturated heterocycles. The fourth-order valence-electron chi connectivity index (χ4n) is 2.17. The third kappa shape index (κ3) is 3.22. The first-order valence-electron chi connectivity index (χ1n) is 6.63. The number of nitrogens with one attached hydrogen (secondary N) is 1. The molecule has 2 nitrogen and oxygen atoms in total. The predicted octanol–water partition coefficient (Wildman–Crippen LogP) is 3.88. The predicted molar refractivity (Wildman–Crippen MR) is 78.1 cm³/mol. The molecular formula is C17H19NO. The van der Waals surface area contributed by atoms with Crippen LogP contribution in [0.3, 0.4) is 0 Å². The normalized spacial score (nSPS) is 11.9. The second kappa shape index (κ2) is 6.19. The molecule has 0 radical (unpaired) electrons. The Balaban J connectivity index is 2.16. The van der Waals surface area contributed by atoms with Gasteiger partial charge in [0.15, 0.2) is 0 Å². The molecule has 1 N–H and O–H groups in total. The van der Waals surface area contributed by atoms with Crippen molar-refractivity contribution in [1.82, 2.24) is 5.32 Å². The molecule has 2 rings (SSSR count). The van der Waals surface area contributed by atoms with Crippen molar-refractivity contribution < 1.29 is 4.79 Å². The lowest BCUT2D eigenvalue weighted by molar-refractivity contribution is 0.0935. The summed E-state index contributed by atoms with van der Waals surface area (Å²) in [5.41, 5.74) is 2.90. The van der Waals surface area contributed by atoms with Crippen LogP contribution in [0.4, 0.5) is 0 Å². The number of aryl methyl sites for hydroxylation is 1. The van der Waals surface area contributed by atoms with Crippen LogP contribution < -0.4 is 5.32 Å². The molecule has 1 amide bonds. The van der Waals surface area contributed by atoms with E-state index in [9.17, 15) is 4.79 Å². The Labute approximate surface area is 114 Å². The first-order valence-corrected chi connectivity index (χ1v) is 6.63. The van der Waals surface area contributed by atoms with Crippen LogP contribution in [-0.2, 0) is 0 Å². The molecule has 0 heterocycles. The van der Waals surface area contributed by atoms with Crippen LogP contribution in [0, 0.1) is 6.92 Å². The van der Waals surface area contributed by atoms with Crippen LogP contribution in [0.15, 0.2) is 54.6 Å². The molecule has 0 aliphatic rings. The molecule has 0 fully saturated rings. The van der Waals surface area contributed by atoms with Gasteiger partial charge in [-0.05, 0) is 30.5 Å². The summed E-state index contributed by atoms with van der Waals surface area (Å²) in [6.07, 6.45) is 0.877. The van der Waals surface area contributed by atoms with Gasteiger partial charge >= 0.3 is 0 Å². The Kier molecular flexibility index (Phi) is 4.35. The lowest BCUT2D eigenvalue weighted by atomic mass is 10.0. The van der Waals surface area contributed by atoms with E-state index in [4.69, 9.17) is 0 Å². The number of benzene rings is 2. The van der Waals surface area contributed by atoms with Gasteiger partial charge in [-0.1, -0.05) is 55.5 Å². The minimum atomic E-state index is -0.00574. The molecule has 2 heteroatoms. The summed E-state index contributed by atoms with van der Waals surface area (Å²) in [6.45, 7) is 4.04. The van der Waals surface area contributed by atoms with E-state index in [2.05, 4.69) is 12.2 Å². The van der Waals surface area contributed by atoms with Gasteiger partial charge in [0.1, 0.15) is 0 Å². The molecular weight excluding hydrogens is 234 g/mol. The molecule has 0 bridgehead atoms. The zero-order valence-corrected chi connectivity index (χ0v) is 11.4. The quantitative estimate of drug-likeness (QED) is 0.880. The standard InChI is InChI=1S/C17H19NO/c1-3-16(14-10-5-4-6-11-14)18-17(19)15-12-8-7-9-13(15)2/h4-12,16H,3H2,1-2H3,(H,18,19)/t16-/m1/s1. The Hall–Kier alpha value is -2.09. The average Bonchev–Trinajstić information content (AvgIpc) is 2.46. The molecule has 19 heavy (non-hydrogen) atoms. The third-order valence-corrected chi connectivity index (χ3v) is 3.31. The van der Waals surface area contributed by atoms with E-state index in [1.54, 1.807) is 0 Å². The van der Waals surface area contributed by atoms with Crippen molar-refractivity contribution in [3.8, 4) is 0 Å². The van der Waals surface area contributed by atoms with Gasteiger partial charge in [0.25, 0.3) is 5.91 Å². The Bertz CT molecular complexity index is 548. The van der Waals surface area contributed by atoms with Gasteiger partial charge < -0.3 is 5.32 Å². The Morgan fingerprint density at radius 2 is 1.68 bits per heavy atom. The summed E-state index contributed by atoms with van der Waals surface area (Å²) in [7, 11) is 0. The van der Waals surface area contributed by atoms with E-state index < -0.39 is 0 Å². The number of carbonyl (C=O) groups is 1. The second-order valence-corrected chi connectivity index (χ2v) is 4.66. The van der Waals surface area contributed by atoms with Crippen molar-refractivity contribution in [3.05, 3.63) is 71.3 Å². The maximum atomic E-state index is 12.3. The number of carbonyl (C=O) groups excluding carboxylic acids is 1. The van der Waals surface area contributed by atoms with Gasteiger partial charge in [-0.25, -0.2) is 0 Å². The highest BCUT2D eigenvalue weighted by molar-refractivity contribution is 5.95. The smallest absolute Gasteiger partial charge is 0.252 e. The van der Waals surface area contributed by atoms with Crippen LogP contribution in [-0.4, -0.2) is 5.91 Å². The van der Waals surface area contributed by atoms with Gasteiger partial charge in [-0.3, -0.25) is 4.79 Å². The fraction of sp³-hybridized carbons (Fsp3) is 0.235. The summed E-state index contributed by atoms with van der Waals surface area (Å²) in [6, 6.07) is 17.8. The molecule has 0 aliphatic heterocycles. The molecule has 98 valence electrons. The van der Waals surface area contributed by atoms with Crippen LogP contribution in [0.5, 0.6) is 0 Å². The monoisotopic (exact) mass is 253 g/mol. The van der Waals surface area contributed by atoms with E-state index in [1.807, 2.05) is 61.5 Å². The van der Waals surface area contributed by atoms with Crippen molar-refractivity contribution in [2.45, 2.75) is 26.3 Å². The first kappa shape index (κ1) is 13.3. The minimum absolute atomic E-state index is 0.00574. The summed E-state index contributed by atoms with van der Waals surface area (Å²) >= 11 is 0. The lowest BCUT2D eigenvalue weighted by Crippen LogP contribution is -2.28. The highest BCUT2D eigenvalue weighted by atomic mass is 16.1. The van der Waals surface area contributed by atoms with E-state index in [0.29, 0.717) is 0 Å². The van der Waals surface area contributed by atoms with E-state index in [-0.39, 0.29) is 11.9 Å². The Morgan fingerprint density at radius 1 is 1.05 bits per heavy atom. The molecule has 2 aromatic carbocycles. The molecule has 0 aromatic heterocycles. The summed E-state index contributed by atoms with van der Waals surface area (Å²) < 4.78 is 0. The molecule has 0 spiro atoms. The van der Waals surface area contributed by atoms with Crippen molar-refractivity contribution in [2.24, 2.45) is 0 Å².